The summed E-state index contributed by atoms with van der Waals surface area (Å²) in [5.74, 6) is 0.444. The molecule has 0 saturated carbocycles. The maximum absolute atomic E-state index is 11.1. The second-order valence-electron chi connectivity index (χ2n) is 5.52. The Morgan fingerprint density at radius 1 is 1.26 bits per heavy atom. The fourth-order valence-electron chi connectivity index (χ4n) is 2.65. The predicted octanol–water partition coefficient (Wildman–Crippen LogP) is 2.05. The van der Waals surface area contributed by atoms with E-state index in [1.54, 1.807) is 4.90 Å². The summed E-state index contributed by atoms with van der Waals surface area (Å²) in [5, 5.41) is 13.1. The molecule has 0 atom stereocenters. The zero-order valence-electron chi connectivity index (χ0n) is 12.7. The van der Waals surface area contributed by atoms with Crippen LogP contribution in [-0.4, -0.2) is 41.0 Å². The van der Waals surface area contributed by atoms with Gasteiger partial charge in [-0.3, -0.25) is 4.79 Å². The first-order valence-corrected chi connectivity index (χ1v) is 7.64. The quantitative estimate of drug-likeness (QED) is 0.872. The Morgan fingerprint density at radius 2 is 2.00 bits per heavy atom. The molecule has 0 radical (unpaired) electrons. The van der Waals surface area contributed by atoms with Crippen LogP contribution in [0.2, 0.25) is 0 Å². The lowest BCUT2D eigenvalue weighted by Crippen LogP contribution is -2.29. The molecule has 2 aromatic rings. The second kappa shape index (κ2) is 7.23. The van der Waals surface area contributed by atoms with Gasteiger partial charge in [-0.15, -0.1) is 0 Å². The first-order chi connectivity index (χ1) is 11.2. The molecule has 7 heteroatoms. The number of hydrogen-bond acceptors (Lipinski definition) is 6. The first kappa shape index (κ1) is 15.5. The van der Waals surface area contributed by atoms with E-state index in [4.69, 9.17) is 14.4 Å². The van der Waals surface area contributed by atoms with Crippen LogP contribution in [0.1, 0.15) is 30.5 Å². The SMILES string of the molecule is O=C(O)CN(Cc1noc(C2CCOCC2)n1)c1ccccc1. The topological polar surface area (TPSA) is 88.7 Å². The normalized spacial score (nSPS) is 15.5. The fourth-order valence-corrected chi connectivity index (χ4v) is 2.65. The summed E-state index contributed by atoms with van der Waals surface area (Å²) < 4.78 is 10.7. The molecule has 1 N–H and O–H groups in total. The third-order valence-electron chi connectivity index (χ3n) is 3.83. The van der Waals surface area contributed by atoms with Crippen LogP contribution in [0.3, 0.4) is 0 Å². The lowest BCUT2D eigenvalue weighted by molar-refractivity contribution is -0.135. The summed E-state index contributed by atoms with van der Waals surface area (Å²) in [6.07, 6.45) is 1.75. The number of hydrogen-bond donors (Lipinski definition) is 1. The number of benzene rings is 1. The van der Waals surface area contributed by atoms with Crippen LogP contribution >= 0.6 is 0 Å². The van der Waals surface area contributed by atoms with Gasteiger partial charge in [-0.05, 0) is 25.0 Å². The number of anilines is 1. The number of carbonyl (C=O) groups is 1. The molecule has 3 rings (SSSR count). The number of ether oxygens (including phenoxy) is 1. The van der Waals surface area contributed by atoms with Gasteiger partial charge >= 0.3 is 5.97 Å². The minimum Gasteiger partial charge on any atom is -0.480 e. The predicted molar refractivity (Wildman–Crippen MR) is 82.2 cm³/mol. The Morgan fingerprint density at radius 3 is 2.70 bits per heavy atom. The summed E-state index contributed by atoms with van der Waals surface area (Å²) in [6.45, 7) is 1.59. The molecule has 1 aromatic carbocycles. The summed E-state index contributed by atoms with van der Waals surface area (Å²) in [7, 11) is 0. The lowest BCUT2D eigenvalue weighted by Gasteiger charge is -2.21. The van der Waals surface area contributed by atoms with E-state index in [1.165, 1.54) is 0 Å². The number of aromatic nitrogens is 2. The lowest BCUT2D eigenvalue weighted by atomic mass is 10.0. The number of aliphatic carboxylic acids is 1. The van der Waals surface area contributed by atoms with E-state index in [2.05, 4.69) is 10.1 Å². The van der Waals surface area contributed by atoms with E-state index in [0.29, 0.717) is 31.5 Å². The summed E-state index contributed by atoms with van der Waals surface area (Å²) in [4.78, 5) is 17.3. The van der Waals surface area contributed by atoms with Crippen molar-refractivity contribution >= 4 is 11.7 Å². The second-order valence-corrected chi connectivity index (χ2v) is 5.52. The zero-order chi connectivity index (χ0) is 16.1. The zero-order valence-corrected chi connectivity index (χ0v) is 12.7. The number of carboxylic acids is 1. The van der Waals surface area contributed by atoms with Crippen molar-refractivity contribution in [1.82, 2.24) is 10.1 Å². The Kier molecular flexibility index (Phi) is 4.87. The minimum absolute atomic E-state index is 0.120. The highest BCUT2D eigenvalue weighted by Crippen LogP contribution is 2.25. The minimum atomic E-state index is -0.901. The molecule has 0 bridgehead atoms. The average Bonchev–Trinajstić information content (AvgIpc) is 3.04. The van der Waals surface area contributed by atoms with Crippen LogP contribution in [-0.2, 0) is 16.1 Å². The van der Waals surface area contributed by atoms with Crippen molar-refractivity contribution in [1.29, 1.82) is 0 Å². The van der Waals surface area contributed by atoms with Gasteiger partial charge in [0.05, 0.1) is 6.54 Å². The van der Waals surface area contributed by atoms with Gasteiger partial charge in [-0.2, -0.15) is 4.98 Å². The fraction of sp³-hybridized carbons (Fsp3) is 0.438. The van der Waals surface area contributed by atoms with Crippen molar-refractivity contribution < 1.29 is 19.2 Å². The van der Waals surface area contributed by atoms with Gasteiger partial charge in [0.25, 0.3) is 0 Å². The van der Waals surface area contributed by atoms with Crippen molar-refractivity contribution in [2.45, 2.75) is 25.3 Å². The highest BCUT2D eigenvalue weighted by atomic mass is 16.5. The molecular formula is C16H19N3O4. The summed E-state index contributed by atoms with van der Waals surface area (Å²) in [5.41, 5.74) is 0.812. The molecule has 1 aliphatic heterocycles. The monoisotopic (exact) mass is 317 g/mol. The van der Waals surface area contributed by atoms with E-state index >= 15 is 0 Å². The maximum Gasteiger partial charge on any atom is 0.323 e. The number of nitrogens with zero attached hydrogens (tertiary/aromatic N) is 3. The van der Waals surface area contributed by atoms with Crippen molar-refractivity contribution in [3.05, 3.63) is 42.0 Å². The van der Waals surface area contributed by atoms with E-state index in [1.807, 2.05) is 30.3 Å². The van der Waals surface area contributed by atoms with Crippen molar-refractivity contribution in [3.8, 4) is 0 Å². The molecular weight excluding hydrogens is 298 g/mol. The molecule has 1 saturated heterocycles. The van der Waals surface area contributed by atoms with Crippen molar-refractivity contribution in [2.75, 3.05) is 24.7 Å². The molecule has 2 heterocycles. The highest BCUT2D eigenvalue weighted by Gasteiger charge is 2.23. The third kappa shape index (κ3) is 4.07. The van der Waals surface area contributed by atoms with Crippen LogP contribution in [0.5, 0.6) is 0 Å². The Bertz CT molecular complexity index is 638. The Hall–Kier alpha value is -2.41. The third-order valence-corrected chi connectivity index (χ3v) is 3.83. The molecule has 7 nitrogen and oxygen atoms in total. The molecule has 1 aliphatic rings. The van der Waals surface area contributed by atoms with Crippen molar-refractivity contribution in [2.24, 2.45) is 0 Å². The molecule has 1 fully saturated rings. The van der Waals surface area contributed by atoms with Gasteiger partial charge in [-0.25, -0.2) is 0 Å². The highest BCUT2D eigenvalue weighted by molar-refractivity contribution is 5.73. The Balaban J connectivity index is 1.72. The van der Waals surface area contributed by atoms with Crippen LogP contribution in [0.25, 0.3) is 0 Å². The van der Waals surface area contributed by atoms with E-state index in [9.17, 15) is 4.79 Å². The number of para-hydroxylation sites is 1. The standard InChI is InChI=1S/C16H19N3O4/c20-15(21)11-19(13-4-2-1-3-5-13)10-14-17-16(23-18-14)12-6-8-22-9-7-12/h1-5,12H,6-11H2,(H,20,21). The van der Waals surface area contributed by atoms with Crippen LogP contribution < -0.4 is 4.90 Å². The van der Waals surface area contributed by atoms with Gasteiger partial charge in [0.1, 0.15) is 6.54 Å². The average molecular weight is 317 g/mol. The van der Waals surface area contributed by atoms with E-state index < -0.39 is 5.97 Å². The molecule has 0 aliphatic carbocycles. The summed E-state index contributed by atoms with van der Waals surface area (Å²) >= 11 is 0. The molecule has 0 spiro atoms. The maximum atomic E-state index is 11.1. The largest absolute Gasteiger partial charge is 0.480 e. The first-order valence-electron chi connectivity index (χ1n) is 7.64. The molecule has 23 heavy (non-hydrogen) atoms. The molecule has 0 amide bonds. The summed E-state index contributed by atoms with van der Waals surface area (Å²) in [6, 6.07) is 9.35. The number of carboxylic acid groups (broad SMARTS) is 1. The molecule has 122 valence electrons. The number of rotatable bonds is 6. The van der Waals surface area contributed by atoms with Crippen LogP contribution in [0.4, 0.5) is 5.69 Å². The molecule has 1 aromatic heterocycles. The van der Waals surface area contributed by atoms with Gasteiger partial charge < -0.3 is 19.3 Å². The molecule has 0 unspecified atom stereocenters. The van der Waals surface area contributed by atoms with Crippen LogP contribution in [0, 0.1) is 0 Å². The van der Waals surface area contributed by atoms with E-state index in [-0.39, 0.29) is 12.5 Å². The Labute approximate surface area is 133 Å². The van der Waals surface area contributed by atoms with Gasteiger partial charge in [0, 0.05) is 24.8 Å². The van der Waals surface area contributed by atoms with Gasteiger partial charge in [-0.1, -0.05) is 23.4 Å². The smallest absolute Gasteiger partial charge is 0.323 e. The van der Waals surface area contributed by atoms with Crippen molar-refractivity contribution in [3.63, 3.8) is 0 Å². The van der Waals surface area contributed by atoms with Gasteiger partial charge in [0.15, 0.2) is 5.82 Å². The van der Waals surface area contributed by atoms with Gasteiger partial charge in [0.2, 0.25) is 5.89 Å². The van der Waals surface area contributed by atoms with Crippen LogP contribution in [0.15, 0.2) is 34.9 Å². The van der Waals surface area contributed by atoms with E-state index in [0.717, 1.165) is 18.5 Å².